The summed E-state index contributed by atoms with van der Waals surface area (Å²) < 4.78 is 2.14. The molecule has 19 heavy (non-hydrogen) atoms. The SMILES string of the molecule is Cc1nn(C(C)C)c(C)c1NC1CN2CCC1CC2. The van der Waals surface area contributed by atoms with Gasteiger partial charge in [0, 0.05) is 18.6 Å². The van der Waals surface area contributed by atoms with Gasteiger partial charge in [0.2, 0.25) is 0 Å². The first-order valence-electron chi connectivity index (χ1n) is 7.61. The summed E-state index contributed by atoms with van der Waals surface area (Å²) in [7, 11) is 0. The van der Waals surface area contributed by atoms with Crippen molar-refractivity contribution in [2.75, 3.05) is 25.0 Å². The molecule has 0 radical (unpaired) electrons. The Bertz CT molecular complexity index is 455. The van der Waals surface area contributed by atoms with Gasteiger partial charge in [-0.2, -0.15) is 5.10 Å². The van der Waals surface area contributed by atoms with Crippen molar-refractivity contribution in [2.24, 2.45) is 5.92 Å². The van der Waals surface area contributed by atoms with Crippen LogP contribution in [-0.4, -0.2) is 40.4 Å². The van der Waals surface area contributed by atoms with Crippen LogP contribution >= 0.6 is 0 Å². The third-order valence-electron chi connectivity index (χ3n) is 4.80. The Morgan fingerprint density at radius 3 is 2.37 bits per heavy atom. The van der Waals surface area contributed by atoms with Crippen LogP contribution in [0.4, 0.5) is 5.69 Å². The first-order chi connectivity index (χ1) is 9.06. The fraction of sp³-hybridized carbons (Fsp3) is 0.800. The van der Waals surface area contributed by atoms with E-state index in [-0.39, 0.29) is 0 Å². The Labute approximate surface area is 116 Å². The van der Waals surface area contributed by atoms with Gasteiger partial charge >= 0.3 is 0 Å². The zero-order chi connectivity index (χ0) is 13.6. The fourth-order valence-corrected chi connectivity index (χ4v) is 3.69. The molecule has 106 valence electrons. The second kappa shape index (κ2) is 4.82. The molecule has 3 aliphatic rings. The molecule has 1 aromatic rings. The zero-order valence-electron chi connectivity index (χ0n) is 12.6. The van der Waals surface area contributed by atoms with Gasteiger partial charge in [-0.15, -0.1) is 0 Å². The number of piperidine rings is 3. The highest BCUT2D eigenvalue weighted by Crippen LogP contribution is 2.32. The van der Waals surface area contributed by atoms with Crippen LogP contribution in [0.1, 0.15) is 44.1 Å². The predicted molar refractivity (Wildman–Crippen MR) is 78.7 cm³/mol. The molecule has 1 unspecified atom stereocenters. The van der Waals surface area contributed by atoms with Crippen LogP contribution in [0.3, 0.4) is 0 Å². The first kappa shape index (κ1) is 13.0. The topological polar surface area (TPSA) is 33.1 Å². The van der Waals surface area contributed by atoms with Gasteiger partial charge in [-0.3, -0.25) is 4.68 Å². The van der Waals surface area contributed by atoms with Crippen molar-refractivity contribution in [1.29, 1.82) is 0 Å². The summed E-state index contributed by atoms with van der Waals surface area (Å²) in [6.07, 6.45) is 2.71. The molecule has 1 N–H and O–H groups in total. The lowest BCUT2D eigenvalue weighted by molar-refractivity contribution is 0.0975. The van der Waals surface area contributed by atoms with Gasteiger partial charge in [-0.25, -0.2) is 0 Å². The Balaban J connectivity index is 1.80. The summed E-state index contributed by atoms with van der Waals surface area (Å²) in [4.78, 5) is 2.59. The molecule has 4 heterocycles. The molecule has 3 aliphatic heterocycles. The van der Waals surface area contributed by atoms with Crippen molar-refractivity contribution in [1.82, 2.24) is 14.7 Å². The molecule has 0 saturated carbocycles. The molecular weight excluding hydrogens is 236 g/mol. The van der Waals surface area contributed by atoms with Crippen LogP contribution in [0.5, 0.6) is 0 Å². The zero-order valence-corrected chi connectivity index (χ0v) is 12.6. The minimum Gasteiger partial charge on any atom is -0.378 e. The number of nitrogens with one attached hydrogen (secondary N) is 1. The molecule has 4 nitrogen and oxygen atoms in total. The molecule has 4 rings (SSSR count). The smallest absolute Gasteiger partial charge is 0.0828 e. The quantitative estimate of drug-likeness (QED) is 0.909. The van der Waals surface area contributed by atoms with E-state index < -0.39 is 0 Å². The highest BCUT2D eigenvalue weighted by atomic mass is 15.3. The van der Waals surface area contributed by atoms with Gasteiger partial charge in [0.05, 0.1) is 17.1 Å². The molecule has 3 saturated heterocycles. The van der Waals surface area contributed by atoms with Crippen molar-refractivity contribution in [3.63, 3.8) is 0 Å². The Kier molecular flexibility index (Phi) is 3.29. The van der Waals surface area contributed by atoms with E-state index in [2.05, 4.69) is 47.7 Å². The van der Waals surface area contributed by atoms with E-state index in [9.17, 15) is 0 Å². The molecular formula is C15H26N4. The number of hydrogen-bond donors (Lipinski definition) is 1. The molecule has 0 aromatic carbocycles. The summed E-state index contributed by atoms with van der Waals surface area (Å²) in [5.41, 5.74) is 3.69. The molecule has 0 aliphatic carbocycles. The number of hydrogen-bond acceptors (Lipinski definition) is 3. The second-order valence-electron chi connectivity index (χ2n) is 6.47. The summed E-state index contributed by atoms with van der Waals surface area (Å²) in [6.45, 7) is 12.5. The Morgan fingerprint density at radius 1 is 1.21 bits per heavy atom. The molecule has 4 heteroatoms. The van der Waals surface area contributed by atoms with Crippen LogP contribution < -0.4 is 5.32 Å². The maximum Gasteiger partial charge on any atom is 0.0828 e. The average Bonchev–Trinajstić information content (AvgIpc) is 2.68. The van der Waals surface area contributed by atoms with Gasteiger partial charge in [0.1, 0.15) is 0 Å². The monoisotopic (exact) mass is 262 g/mol. The van der Waals surface area contributed by atoms with Crippen molar-refractivity contribution >= 4 is 5.69 Å². The van der Waals surface area contributed by atoms with Crippen molar-refractivity contribution in [2.45, 2.75) is 52.6 Å². The van der Waals surface area contributed by atoms with Crippen LogP contribution in [0.2, 0.25) is 0 Å². The number of aryl methyl sites for hydroxylation is 1. The standard InChI is InChI=1S/C15H26N4/c1-10(2)19-12(4)15(11(3)17-19)16-14-9-18-7-5-13(14)6-8-18/h10,13-14,16H,5-9H2,1-4H3. The lowest BCUT2D eigenvalue weighted by Crippen LogP contribution is -2.53. The van der Waals surface area contributed by atoms with Gasteiger partial charge in [0.15, 0.2) is 0 Å². The van der Waals surface area contributed by atoms with E-state index >= 15 is 0 Å². The van der Waals surface area contributed by atoms with Crippen molar-refractivity contribution in [3.05, 3.63) is 11.4 Å². The average molecular weight is 262 g/mol. The molecule has 0 spiro atoms. The van der Waals surface area contributed by atoms with E-state index in [4.69, 9.17) is 0 Å². The Hall–Kier alpha value is -1.03. The van der Waals surface area contributed by atoms with Crippen molar-refractivity contribution < 1.29 is 0 Å². The van der Waals surface area contributed by atoms with Gasteiger partial charge in [-0.05, 0) is 59.5 Å². The highest BCUT2D eigenvalue weighted by molar-refractivity contribution is 5.53. The second-order valence-corrected chi connectivity index (χ2v) is 6.47. The lowest BCUT2D eigenvalue weighted by atomic mass is 9.84. The first-order valence-corrected chi connectivity index (χ1v) is 7.61. The summed E-state index contributed by atoms with van der Waals surface area (Å²) in [5.74, 6) is 0.853. The lowest BCUT2D eigenvalue weighted by Gasteiger charge is -2.45. The maximum atomic E-state index is 4.68. The summed E-state index contributed by atoms with van der Waals surface area (Å²) in [6, 6.07) is 1.05. The maximum absolute atomic E-state index is 4.68. The number of fused-ring (bicyclic) bond motifs is 3. The van der Waals surface area contributed by atoms with Gasteiger partial charge in [0.25, 0.3) is 0 Å². The number of anilines is 1. The summed E-state index contributed by atoms with van der Waals surface area (Å²) in [5, 5.41) is 8.48. The van der Waals surface area contributed by atoms with E-state index in [1.807, 2.05) is 0 Å². The largest absolute Gasteiger partial charge is 0.378 e. The summed E-state index contributed by atoms with van der Waals surface area (Å²) >= 11 is 0. The van der Waals surface area contributed by atoms with Crippen molar-refractivity contribution in [3.8, 4) is 0 Å². The molecule has 3 fully saturated rings. The van der Waals surface area contributed by atoms with E-state index in [1.165, 1.54) is 43.9 Å². The third-order valence-corrected chi connectivity index (χ3v) is 4.80. The number of nitrogens with zero attached hydrogens (tertiary/aromatic N) is 3. The van der Waals surface area contributed by atoms with Crippen LogP contribution in [0.25, 0.3) is 0 Å². The van der Waals surface area contributed by atoms with E-state index in [0.29, 0.717) is 12.1 Å². The molecule has 1 atom stereocenters. The molecule has 1 aromatic heterocycles. The predicted octanol–water partition coefficient (Wildman–Crippen LogP) is 2.59. The van der Waals surface area contributed by atoms with Gasteiger partial charge in [-0.1, -0.05) is 0 Å². The van der Waals surface area contributed by atoms with Crippen LogP contribution in [-0.2, 0) is 0 Å². The number of rotatable bonds is 3. The van der Waals surface area contributed by atoms with Crippen LogP contribution in [0, 0.1) is 19.8 Å². The minimum atomic E-state index is 0.431. The molecule has 2 bridgehead atoms. The van der Waals surface area contributed by atoms with E-state index in [0.717, 1.165) is 11.6 Å². The highest BCUT2D eigenvalue weighted by Gasteiger charge is 2.34. The van der Waals surface area contributed by atoms with Crippen LogP contribution in [0.15, 0.2) is 0 Å². The minimum absolute atomic E-state index is 0.431. The number of aromatic nitrogens is 2. The molecule has 0 amide bonds. The third kappa shape index (κ3) is 2.27. The van der Waals surface area contributed by atoms with E-state index in [1.54, 1.807) is 0 Å². The fourth-order valence-electron chi connectivity index (χ4n) is 3.69. The van der Waals surface area contributed by atoms with Gasteiger partial charge < -0.3 is 10.2 Å². The Morgan fingerprint density at radius 2 is 1.89 bits per heavy atom. The normalized spacial score (nSPS) is 30.1.